The summed E-state index contributed by atoms with van der Waals surface area (Å²) in [5.74, 6) is 0.720. The second-order valence-electron chi connectivity index (χ2n) is 5.56. The van der Waals surface area contributed by atoms with Crippen LogP contribution >= 0.6 is 11.3 Å². The van der Waals surface area contributed by atoms with Gasteiger partial charge in [0.25, 0.3) is 0 Å². The summed E-state index contributed by atoms with van der Waals surface area (Å²) in [4.78, 5) is 1.34. The van der Waals surface area contributed by atoms with Crippen molar-refractivity contribution < 1.29 is 4.39 Å². The lowest BCUT2D eigenvalue weighted by Gasteiger charge is -2.18. The average Bonchev–Trinajstić information content (AvgIpc) is 3.03. The number of benzene rings is 1. The van der Waals surface area contributed by atoms with Crippen molar-refractivity contribution in [3.8, 4) is 0 Å². The Hall–Kier alpha value is -0.930. The molecule has 1 aliphatic rings. The largest absolute Gasteiger partial charge is 0.312 e. The lowest BCUT2D eigenvalue weighted by molar-refractivity contribution is 0.417. The Labute approximate surface area is 117 Å². The molecule has 19 heavy (non-hydrogen) atoms. The maximum Gasteiger partial charge on any atom is 0.124 e. The highest BCUT2D eigenvalue weighted by Crippen LogP contribution is 2.37. The van der Waals surface area contributed by atoms with Crippen molar-refractivity contribution in [2.75, 3.05) is 7.05 Å². The Morgan fingerprint density at radius 2 is 2.11 bits per heavy atom. The van der Waals surface area contributed by atoms with Gasteiger partial charge in [0.05, 0.1) is 0 Å². The first-order chi connectivity index (χ1) is 9.26. The molecule has 3 heteroatoms. The van der Waals surface area contributed by atoms with Gasteiger partial charge in [0.15, 0.2) is 0 Å². The fourth-order valence-corrected chi connectivity index (χ4v) is 4.37. The van der Waals surface area contributed by atoms with Crippen LogP contribution in [0.3, 0.4) is 0 Å². The van der Waals surface area contributed by atoms with Crippen molar-refractivity contribution in [2.24, 2.45) is 5.92 Å². The van der Waals surface area contributed by atoms with Crippen molar-refractivity contribution >= 4 is 21.4 Å². The minimum absolute atomic E-state index is 0.141. The molecule has 1 nitrogen and oxygen atoms in total. The average molecular weight is 277 g/mol. The minimum Gasteiger partial charge on any atom is -0.312 e. The summed E-state index contributed by atoms with van der Waals surface area (Å²) in [5, 5.41) is 4.60. The topological polar surface area (TPSA) is 12.0 Å². The van der Waals surface area contributed by atoms with Crippen LogP contribution in [0.15, 0.2) is 24.3 Å². The summed E-state index contributed by atoms with van der Waals surface area (Å²) in [7, 11) is 2.03. The molecule has 0 saturated heterocycles. The molecule has 1 N–H and O–H groups in total. The Kier molecular flexibility index (Phi) is 3.85. The molecular weight excluding hydrogens is 257 g/mol. The molecule has 1 aromatic heterocycles. The van der Waals surface area contributed by atoms with Gasteiger partial charge in [-0.05, 0) is 43.0 Å². The van der Waals surface area contributed by atoms with Crippen LogP contribution in [-0.4, -0.2) is 7.05 Å². The highest BCUT2D eigenvalue weighted by Gasteiger charge is 2.21. The molecule has 0 aliphatic heterocycles. The maximum absolute atomic E-state index is 13.2. The molecule has 102 valence electrons. The molecule has 0 radical (unpaired) electrons. The third-order valence-electron chi connectivity index (χ3n) is 4.24. The van der Waals surface area contributed by atoms with Gasteiger partial charge in [-0.3, -0.25) is 0 Å². The third kappa shape index (κ3) is 2.82. The van der Waals surface area contributed by atoms with Crippen LogP contribution < -0.4 is 5.32 Å². The van der Waals surface area contributed by atoms with E-state index in [1.54, 1.807) is 23.5 Å². The van der Waals surface area contributed by atoms with Gasteiger partial charge >= 0.3 is 0 Å². The predicted molar refractivity (Wildman–Crippen MR) is 80.2 cm³/mol. The highest BCUT2D eigenvalue weighted by atomic mass is 32.1. The first-order valence-electron chi connectivity index (χ1n) is 7.12. The van der Waals surface area contributed by atoms with E-state index in [9.17, 15) is 4.39 Å². The minimum atomic E-state index is -0.141. The Balaban J connectivity index is 1.83. The SMILES string of the molecule is CNC(CC1CCCC1)c1cc2ccc(F)cc2s1. The molecule has 3 rings (SSSR count). The molecule has 1 saturated carbocycles. The molecule has 1 fully saturated rings. The smallest absolute Gasteiger partial charge is 0.124 e. The molecule has 0 bridgehead atoms. The summed E-state index contributed by atoms with van der Waals surface area (Å²) in [6, 6.07) is 7.71. The Morgan fingerprint density at radius 3 is 2.84 bits per heavy atom. The van der Waals surface area contributed by atoms with Crippen molar-refractivity contribution in [1.29, 1.82) is 0 Å². The summed E-state index contributed by atoms with van der Waals surface area (Å²) >= 11 is 1.72. The van der Waals surface area contributed by atoms with Gasteiger partial charge in [0.2, 0.25) is 0 Å². The van der Waals surface area contributed by atoms with Gasteiger partial charge in [-0.1, -0.05) is 31.7 Å². The highest BCUT2D eigenvalue weighted by molar-refractivity contribution is 7.19. The maximum atomic E-state index is 13.2. The zero-order chi connectivity index (χ0) is 13.2. The van der Waals surface area contributed by atoms with Gasteiger partial charge in [-0.15, -0.1) is 11.3 Å². The van der Waals surface area contributed by atoms with E-state index in [-0.39, 0.29) is 5.82 Å². The number of hydrogen-bond donors (Lipinski definition) is 1. The first kappa shape index (κ1) is 13.1. The number of halogens is 1. The van der Waals surface area contributed by atoms with E-state index in [1.165, 1.54) is 37.0 Å². The summed E-state index contributed by atoms with van der Waals surface area (Å²) < 4.78 is 14.3. The zero-order valence-corrected chi connectivity index (χ0v) is 12.1. The molecule has 1 atom stereocenters. The zero-order valence-electron chi connectivity index (χ0n) is 11.3. The standard InChI is InChI=1S/C16H20FNS/c1-18-14(8-11-4-2-3-5-11)16-9-12-6-7-13(17)10-15(12)19-16/h6-7,9-11,14,18H,2-5,8H2,1H3. The fraction of sp³-hybridized carbons (Fsp3) is 0.500. The quantitative estimate of drug-likeness (QED) is 0.839. The molecule has 2 aromatic rings. The van der Waals surface area contributed by atoms with Gasteiger partial charge in [-0.25, -0.2) is 4.39 Å². The van der Waals surface area contributed by atoms with E-state index in [1.807, 2.05) is 13.1 Å². The van der Waals surface area contributed by atoms with E-state index in [0.717, 1.165) is 16.0 Å². The monoisotopic (exact) mass is 277 g/mol. The van der Waals surface area contributed by atoms with Gasteiger partial charge in [0, 0.05) is 15.6 Å². The van der Waals surface area contributed by atoms with Crippen LogP contribution in [0.5, 0.6) is 0 Å². The molecule has 1 aliphatic carbocycles. The van der Waals surface area contributed by atoms with Gasteiger partial charge in [0.1, 0.15) is 5.82 Å². The molecule has 1 unspecified atom stereocenters. The Morgan fingerprint density at radius 1 is 1.32 bits per heavy atom. The van der Waals surface area contributed by atoms with Crippen molar-refractivity contribution in [3.63, 3.8) is 0 Å². The van der Waals surface area contributed by atoms with Gasteiger partial charge in [-0.2, -0.15) is 0 Å². The lowest BCUT2D eigenvalue weighted by atomic mass is 9.97. The van der Waals surface area contributed by atoms with Crippen LogP contribution in [0.25, 0.3) is 10.1 Å². The molecule has 0 spiro atoms. The van der Waals surface area contributed by atoms with Crippen LogP contribution in [0, 0.1) is 11.7 Å². The summed E-state index contributed by atoms with van der Waals surface area (Å²) in [6.45, 7) is 0. The number of fused-ring (bicyclic) bond motifs is 1. The molecular formula is C16H20FNS. The van der Waals surface area contributed by atoms with E-state index in [0.29, 0.717) is 6.04 Å². The van der Waals surface area contributed by atoms with E-state index in [4.69, 9.17) is 0 Å². The van der Waals surface area contributed by atoms with E-state index < -0.39 is 0 Å². The lowest BCUT2D eigenvalue weighted by Crippen LogP contribution is -2.17. The summed E-state index contributed by atoms with van der Waals surface area (Å²) in [6.07, 6.45) is 6.73. The molecule has 1 heterocycles. The second kappa shape index (κ2) is 5.59. The number of rotatable bonds is 4. The first-order valence-corrected chi connectivity index (χ1v) is 7.94. The molecule has 0 amide bonds. The van der Waals surface area contributed by atoms with Crippen LogP contribution in [0.4, 0.5) is 4.39 Å². The van der Waals surface area contributed by atoms with E-state index >= 15 is 0 Å². The molecule has 1 aromatic carbocycles. The second-order valence-corrected chi connectivity index (χ2v) is 6.67. The van der Waals surface area contributed by atoms with E-state index in [2.05, 4.69) is 11.4 Å². The Bertz CT molecular complexity index is 557. The fourth-order valence-electron chi connectivity index (χ4n) is 3.15. The van der Waals surface area contributed by atoms with Crippen molar-refractivity contribution in [3.05, 3.63) is 35.0 Å². The van der Waals surface area contributed by atoms with Crippen LogP contribution in [-0.2, 0) is 0 Å². The van der Waals surface area contributed by atoms with Gasteiger partial charge < -0.3 is 5.32 Å². The number of nitrogens with one attached hydrogen (secondary N) is 1. The van der Waals surface area contributed by atoms with Crippen molar-refractivity contribution in [1.82, 2.24) is 5.32 Å². The number of hydrogen-bond acceptors (Lipinski definition) is 2. The predicted octanol–water partition coefficient (Wildman–Crippen LogP) is 4.88. The third-order valence-corrected chi connectivity index (χ3v) is 5.45. The van der Waals surface area contributed by atoms with Crippen molar-refractivity contribution in [2.45, 2.75) is 38.1 Å². The van der Waals surface area contributed by atoms with Crippen LogP contribution in [0.2, 0.25) is 0 Å². The van der Waals surface area contributed by atoms with Crippen LogP contribution in [0.1, 0.15) is 43.0 Å². The normalized spacial score (nSPS) is 18.2. The summed E-state index contributed by atoms with van der Waals surface area (Å²) in [5.41, 5.74) is 0. The number of thiophene rings is 1.